The molecule has 5 rings (SSSR count). The first-order valence-corrected chi connectivity index (χ1v) is 9.44. The molecule has 2 atom stereocenters. The topological polar surface area (TPSA) is 99.0 Å². The van der Waals surface area contributed by atoms with Gasteiger partial charge in [-0.05, 0) is 30.2 Å². The van der Waals surface area contributed by atoms with Gasteiger partial charge < -0.3 is 15.5 Å². The maximum absolute atomic E-state index is 13.2. The zero-order valence-electron chi connectivity index (χ0n) is 14.2. The third-order valence-corrected chi connectivity index (χ3v) is 5.80. The minimum Gasteiger partial charge on any atom is -0.469 e. The molecule has 2 unspecified atom stereocenters. The van der Waals surface area contributed by atoms with Crippen molar-refractivity contribution in [3.63, 3.8) is 0 Å². The molecular weight excluding hydrogens is 410 g/mol. The van der Waals surface area contributed by atoms with Gasteiger partial charge in [-0.25, -0.2) is 4.68 Å². The number of benzene rings is 1. The Balaban J connectivity index is 1.66. The molecular formula is C19H16BrN5O2. The molecule has 0 saturated carbocycles. The molecule has 136 valence electrons. The molecule has 1 aliphatic carbocycles. The second-order valence-electron chi connectivity index (χ2n) is 6.72. The Kier molecular flexibility index (Phi) is 3.68. The zero-order chi connectivity index (χ0) is 18.5. The fraction of sp³-hybridized carbons (Fsp3) is 0.211. The van der Waals surface area contributed by atoms with Crippen molar-refractivity contribution in [3.8, 4) is 0 Å². The number of carbonyl (C=O) groups excluding carboxylic acids is 1. The molecule has 3 heterocycles. The van der Waals surface area contributed by atoms with Crippen molar-refractivity contribution in [2.45, 2.75) is 24.8 Å². The summed E-state index contributed by atoms with van der Waals surface area (Å²) in [5.74, 6) is 1.61. The number of hydrogen-bond acceptors (Lipinski definition) is 6. The van der Waals surface area contributed by atoms with Crippen LogP contribution in [0.2, 0.25) is 0 Å². The predicted molar refractivity (Wildman–Crippen MR) is 103 cm³/mol. The highest BCUT2D eigenvalue weighted by Gasteiger charge is 2.40. The van der Waals surface area contributed by atoms with Gasteiger partial charge in [-0.2, -0.15) is 4.98 Å². The average molecular weight is 426 g/mol. The van der Waals surface area contributed by atoms with Crippen molar-refractivity contribution in [2.75, 3.05) is 11.1 Å². The number of carbonyl (C=O) groups is 1. The van der Waals surface area contributed by atoms with Crippen molar-refractivity contribution in [3.05, 3.63) is 69.7 Å². The van der Waals surface area contributed by atoms with Gasteiger partial charge in [-0.3, -0.25) is 4.79 Å². The lowest BCUT2D eigenvalue weighted by atomic mass is 9.79. The number of aromatic nitrogens is 3. The molecule has 0 saturated heterocycles. The minimum atomic E-state index is -0.373. The number of allylic oxidation sites excluding steroid dienone is 2. The molecule has 1 aliphatic heterocycles. The van der Waals surface area contributed by atoms with E-state index in [-0.39, 0.29) is 23.7 Å². The van der Waals surface area contributed by atoms with Gasteiger partial charge >= 0.3 is 0 Å². The van der Waals surface area contributed by atoms with Gasteiger partial charge in [0.05, 0.1) is 6.26 Å². The lowest BCUT2D eigenvalue weighted by Gasteiger charge is -2.34. The number of nitrogens with two attached hydrogens (primary N) is 1. The minimum absolute atomic E-state index is 0.00503. The van der Waals surface area contributed by atoms with Crippen LogP contribution in [0.25, 0.3) is 0 Å². The Labute approximate surface area is 163 Å². The number of nitrogens with zero attached hydrogens (tertiary/aromatic N) is 3. The van der Waals surface area contributed by atoms with Gasteiger partial charge in [0.2, 0.25) is 11.9 Å². The van der Waals surface area contributed by atoms with E-state index in [0.717, 1.165) is 21.5 Å². The van der Waals surface area contributed by atoms with Crippen molar-refractivity contribution in [1.29, 1.82) is 0 Å². The first kappa shape index (κ1) is 16.3. The Morgan fingerprint density at radius 2 is 2.07 bits per heavy atom. The van der Waals surface area contributed by atoms with Crippen molar-refractivity contribution in [1.82, 2.24) is 14.8 Å². The lowest BCUT2D eigenvalue weighted by Crippen LogP contribution is -2.33. The number of nitrogen functional groups attached to an aromatic ring is 1. The zero-order valence-corrected chi connectivity index (χ0v) is 15.8. The predicted octanol–water partition coefficient (Wildman–Crippen LogP) is 3.63. The van der Waals surface area contributed by atoms with Crippen LogP contribution < -0.4 is 11.1 Å². The highest BCUT2D eigenvalue weighted by Crippen LogP contribution is 2.45. The van der Waals surface area contributed by atoms with Gasteiger partial charge in [0.15, 0.2) is 5.78 Å². The van der Waals surface area contributed by atoms with Crippen LogP contribution in [0.3, 0.4) is 0 Å². The van der Waals surface area contributed by atoms with Crippen LogP contribution in [0.5, 0.6) is 0 Å². The molecule has 0 fully saturated rings. The van der Waals surface area contributed by atoms with E-state index in [9.17, 15) is 4.79 Å². The molecule has 3 aromatic rings. The standard InChI is InChI=1S/C19H16BrN5O2/c20-12-5-2-1-4-11(12)17-16-13(22-19-23-18(21)24-25(17)19)8-10(9-14(16)26)15-6-3-7-27-15/h1-7,10,17H,8-9H2,(H3,21,22,23,24). The van der Waals surface area contributed by atoms with E-state index < -0.39 is 0 Å². The van der Waals surface area contributed by atoms with E-state index in [4.69, 9.17) is 10.2 Å². The molecule has 2 aliphatic rings. The summed E-state index contributed by atoms with van der Waals surface area (Å²) in [6.07, 6.45) is 2.70. The second-order valence-corrected chi connectivity index (χ2v) is 7.58. The Morgan fingerprint density at radius 3 is 2.85 bits per heavy atom. The van der Waals surface area contributed by atoms with Crippen LogP contribution in [0.15, 0.2) is 62.8 Å². The van der Waals surface area contributed by atoms with Crippen LogP contribution in [0.1, 0.15) is 36.1 Å². The summed E-state index contributed by atoms with van der Waals surface area (Å²) < 4.78 is 8.14. The molecule has 0 bridgehead atoms. The summed E-state index contributed by atoms with van der Waals surface area (Å²) in [6, 6.07) is 11.2. The summed E-state index contributed by atoms with van der Waals surface area (Å²) in [5, 5.41) is 7.61. The number of Topliss-reactive ketones (excluding diaryl/α,β-unsaturated/α-hetero) is 1. The van der Waals surface area contributed by atoms with Crippen molar-refractivity contribution < 1.29 is 9.21 Å². The number of hydrogen-bond donors (Lipinski definition) is 2. The van der Waals surface area contributed by atoms with Crippen molar-refractivity contribution >= 4 is 33.6 Å². The molecule has 7 nitrogen and oxygen atoms in total. The van der Waals surface area contributed by atoms with Crippen LogP contribution in [0.4, 0.5) is 11.9 Å². The molecule has 2 aromatic heterocycles. The first-order chi connectivity index (χ1) is 13.1. The number of anilines is 2. The second kappa shape index (κ2) is 6.09. The molecule has 1 aromatic carbocycles. The van der Waals surface area contributed by atoms with Crippen LogP contribution in [0, 0.1) is 0 Å². The molecule has 0 radical (unpaired) electrons. The van der Waals surface area contributed by atoms with Gasteiger partial charge in [-0.1, -0.05) is 34.1 Å². The SMILES string of the molecule is Nc1nc2n(n1)C(c1ccccc1Br)C1=C(CC(c3ccco3)CC1=O)N2. The summed E-state index contributed by atoms with van der Waals surface area (Å²) in [4.78, 5) is 17.5. The third-order valence-electron chi connectivity index (χ3n) is 5.08. The van der Waals surface area contributed by atoms with Gasteiger partial charge in [0.25, 0.3) is 0 Å². The first-order valence-electron chi connectivity index (χ1n) is 8.65. The number of furan rings is 1. The fourth-order valence-corrected chi connectivity index (χ4v) is 4.44. The normalized spacial score (nSPS) is 21.6. The largest absolute Gasteiger partial charge is 0.469 e. The van der Waals surface area contributed by atoms with Gasteiger partial charge in [0.1, 0.15) is 11.8 Å². The molecule has 0 spiro atoms. The Bertz CT molecular complexity index is 1070. The smallest absolute Gasteiger partial charge is 0.241 e. The average Bonchev–Trinajstić information content (AvgIpc) is 3.29. The number of rotatable bonds is 2. The molecule has 8 heteroatoms. The third kappa shape index (κ3) is 2.59. The Morgan fingerprint density at radius 1 is 1.22 bits per heavy atom. The maximum atomic E-state index is 13.2. The van der Waals surface area contributed by atoms with E-state index in [1.54, 1.807) is 10.9 Å². The Hall–Kier alpha value is -2.87. The lowest BCUT2D eigenvalue weighted by molar-refractivity contribution is -0.117. The van der Waals surface area contributed by atoms with E-state index in [2.05, 4.69) is 31.3 Å². The summed E-state index contributed by atoms with van der Waals surface area (Å²) in [6.45, 7) is 0. The highest BCUT2D eigenvalue weighted by atomic mass is 79.9. The molecule has 0 amide bonds. The van der Waals surface area contributed by atoms with Crippen LogP contribution >= 0.6 is 15.9 Å². The van der Waals surface area contributed by atoms with Crippen LogP contribution in [-0.4, -0.2) is 20.5 Å². The molecule has 3 N–H and O–H groups in total. The van der Waals surface area contributed by atoms with E-state index in [1.807, 2.05) is 36.4 Å². The van der Waals surface area contributed by atoms with Gasteiger partial charge in [0, 0.05) is 28.1 Å². The van der Waals surface area contributed by atoms with E-state index in [0.29, 0.717) is 24.4 Å². The highest BCUT2D eigenvalue weighted by molar-refractivity contribution is 9.10. The number of halogens is 1. The summed E-state index contributed by atoms with van der Waals surface area (Å²) in [7, 11) is 0. The van der Waals surface area contributed by atoms with E-state index >= 15 is 0 Å². The van der Waals surface area contributed by atoms with E-state index in [1.165, 1.54) is 0 Å². The van der Waals surface area contributed by atoms with Crippen LogP contribution in [-0.2, 0) is 4.79 Å². The number of fused-ring (bicyclic) bond motifs is 1. The fourth-order valence-electron chi connectivity index (χ4n) is 3.94. The maximum Gasteiger partial charge on any atom is 0.241 e. The molecule has 27 heavy (non-hydrogen) atoms. The quantitative estimate of drug-likeness (QED) is 0.650. The number of ketones is 1. The summed E-state index contributed by atoms with van der Waals surface area (Å²) in [5.41, 5.74) is 8.36. The summed E-state index contributed by atoms with van der Waals surface area (Å²) >= 11 is 3.61. The van der Waals surface area contributed by atoms with Crippen molar-refractivity contribution in [2.24, 2.45) is 0 Å². The number of nitrogens with one attached hydrogen (secondary N) is 1. The monoisotopic (exact) mass is 425 g/mol. The van der Waals surface area contributed by atoms with Gasteiger partial charge in [-0.15, -0.1) is 5.10 Å².